The summed E-state index contributed by atoms with van der Waals surface area (Å²) in [5.41, 5.74) is 0.405. The Balaban J connectivity index is 2.43. The molecular formula is C11H13ClFNO2. The number of hydrogen-bond acceptors (Lipinski definition) is 2. The van der Waals surface area contributed by atoms with Gasteiger partial charge in [-0.1, -0.05) is 0 Å². The maximum atomic E-state index is 12.6. The highest BCUT2D eigenvalue weighted by Crippen LogP contribution is 2.03. The molecule has 0 heterocycles. The molecule has 0 fully saturated rings. The highest BCUT2D eigenvalue weighted by Gasteiger charge is 2.08. The molecular weight excluding hydrogens is 233 g/mol. The lowest BCUT2D eigenvalue weighted by Crippen LogP contribution is -2.31. The monoisotopic (exact) mass is 245 g/mol. The molecule has 0 saturated carbocycles. The third-order valence-electron chi connectivity index (χ3n) is 1.94. The van der Waals surface area contributed by atoms with Gasteiger partial charge >= 0.3 is 0 Å². The molecule has 0 spiro atoms. The van der Waals surface area contributed by atoms with Crippen LogP contribution in [0.25, 0.3) is 0 Å². The fraction of sp³-hybridized carbons (Fsp3) is 0.364. The van der Waals surface area contributed by atoms with Crippen molar-refractivity contribution in [1.29, 1.82) is 0 Å². The molecule has 0 aromatic heterocycles. The van der Waals surface area contributed by atoms with Crippen LogP contribution in [-0.4, -0.2) is 31.5 Å². The molecule has 0 saturated heterocycles. The number of alkyl halides is 1. The molecule has 0 bridgehead atoms. The van der Waals surface area contributed by atoms with Crippen LogP contribution in [0.5, 0.6) is 0 Å². The van der Waals surface area contributed by atoms with Gasteiger partial charge in [-0.3, -0.25) is 4.79 Å². The zero-order valence-corrected chi connectivity index (χ0v) is 9.63. The van der Waals surface area contributed by atoms with Gasteiger partial charge in [-0.15, -0.1) is 11.6 Å². The summed E-state index contributed by atoms with van der Waals surface area (Å²) in [5, 5.41) is 2.36. The van der Waals surface area contributed by atoms with Crippen molar-refractivity contribution in [2.75, 3.05) is 20.3 Å². The highest BCUT2D eigenvalue weighted by molar-refractivity contribution is 6.21. The fourth-order valence-corrected chi connectivity index (χ4v) is 1.35. The molecule has 1 aromatic rings. The zero-order chi connectivity index (χ0) is 12.0. The molecule has 3 nitrogen and oxygen atoms in total. The molecule has 0 aliphatic heterocycles. The molecule has 1 atom stereocenters. The Bertz CT molecular complexity index is 342. The van der Waals surface area contributed by atoms with Crippen LogP contribution < -0.4 is 5.32 Å². The zero-order valence-electron chi connectivity index (χ0n) is 8.87. The maximum Gasteiger partial charge on any atom is 0.251 e. The Morgan fingerprint density at radius 1 is 1.50 bits per heavy atom. The summed E-state index contributed by atoms with van der Waals surface area (Å²) >= 11 is 5.84. The first-order valence-corrected chi connectivity index (χ1v) is 5.24. The van der Waals surface area contributed by atoms with E-state index in [-0.39, 0.29) is 17.1 Å². The Morgan fingerprint density at radius 2 is 2.12 bits per heavy atom. The van der Waals surface area contributed by atoms with Crippen LogP contribution in [0.2, 0.25) is 0 Å². The Morgan fingerprint density at radius 3 is 2.69 bits per heavy atom. The van der Waals surface area contributed by atoms with Gasteiger partial charge in [0.25, 0.3) is 5.91 Å². The number of amides is 1. The second-order valence-corrected chi connectivity index (χ2v) is 3.89. The van der Waals surface area contributed by atoms with Gasteiger partial charge in [0.2, 0.25) is 0 Å². The summed E-state index contributed by atoms with van der Waals surface area (Å²) < 4.78 is 17.4. The molecule has 5 heteroatoms. The van der Waals surface area contributed by atoms with Gasteiger partial charge < -0.3 is 10.1 Å². The van der Waals surface area contributed by atoms with Crippen molar-refractivity contribution in [3.63, 3.8) is 0 Å². The first-order valence-electron chi connectivity index (χ1n) is 4.80. The quantitative estimate of drug-likeness (QED) is 0.804. The normalized spacial score (nSPS) is 12.2. The Hall–Kier alpha value is -1.13. The molecule has 1 aromatic carbocycles. The number of carbonyl (C=O) groups is 1. The summed E-state index contributed by atoms with van der Waals surface area (Å²) in [5.74, 6) is -0.645. The van der Waals surface area contributed by atoms with Crippen molar-refractivity contribution in [3.05, 3.63) is 35.6 Å². The number of carbonyl (C=O) groups excluding carboxylic acids is 1. The minimum atomic E-state index is -0.369. The van der Waals surface area contributed by atoms with Crippen LogP contribution in [0.1, 0.15) is 10.4 Å². The molecule has 0 radical (unpaired) electrons. The summed E-state index contributed by atoms with van der Waals surface area (Å²) in [4.78, 5) is 11.5. The minimum absolute atomic E-state index is 0.269. The first-order chi connectivity index (χ1) is 7.63. The van der Waals surface area contributed by atoms with Gasteiger partial charge in [-0.25, -0.2) is 4.39 Å². The van der Waals surface area contributed by atoms with Crippen LogP contribution in [0.15, 0.2) is 24.3 Å². The highest BCUT2D eigenvalue weighted by atomic mass is 35.5. The average Bonchev–Trinajstić information content (AvgIpc) is 2.27. The Labute approximate surface area is 98.5 Å². The van der Waals surface area contributed by atoms with Crippen LogP contribution in [0.4, 0.5) is 4.39 Å². The number of ether oxygens (including phenoxy) is 1. The van der Waals surface area contributed by atoms with E-state index in [9.17, 15) is 9.18 Å². The van der Waals surface area contributed by atoms with E-state index in [0.29, 0.717) is 18.7 Å². The smallest absolute Gasteiger partial charge is 0.251 e. The van der Waals surface area contributed by atoms with E-state index < -0.39 is 0 Å². The summed E-state index contributed by atoms with van der Waals surface area (Å²) in [6.45, 7) is 0.677. The van der Waals surface area contributed by atoms with Gasteiger partial charge in [-0.05, 0) is 24.3 Å². The van der Waals surface area contributed by atoms with E-state index in [0.717, 1.165) is 0 Å². The molecule has 0 aliphatic carbocycles. The molecule has 1 N–H and O–H groups in total. The third kappa shape index (κ3) is 4.16. The lowest BCUT2D eigenvalue weighted by molar-refractivity contribution is 0.0949. The van der Waals surface area contributed by atoms with E-state index in [1.165, 1.54) is 31.4 Å². The predicted molar refractivity (Wildman–Crippen MR) is 60.3 cm³/mol. The number of benzene rings is 1. The average molecular weight is 246 g/mol. The summed E-state index contributed by atoms with van der Waals surface area (Å²) in [7, 11) is 1.54. The largest absolute Gasteiger partial charge is 0.383 e. The molecule has 1 unspecified atom stereocenters. The van der Waals surface area contributed by atoms with Gasteiger partial charge in [0.05, 0.1) is 12.0 Å². The number of hydrogen-bond donors (Lipinski definition) is 1. The number of rotatable bonds is 5. The van der Waals surface area contributed by atoms with Gasteiger partial charge in [0.1, 0.15) is 5.82 Å². The summed E-state index contributed by atoms with van der Waals surface area (Å²) in [6.07, 6.45) is 0. The van der Waals surface area contributed by atoms with E-state index in [4.69, 9.17) is 16.3 Å². The molecule has 0 aliphatic rings. The van der Waals surface area contributed by atoms with Crippen molar-refractivity contribution in [2.45, 2.75) is 5.38 Å². The standard InChI is InChI=1S/C11H13ClFNO2/c1-16-7-9(12)6-14-11(15)8-2-4-10(13)5-3-8/h2-5,9H,6-7H2,1H3,(H,14,15). The van der Waals surface area contributed by atoms with E-state index >= 15 is 0 Å². The topological polar surface area (TPSA) is 38.3 Å². The van der Waals surface area contributed by atoms with Crippen LogP contribution >= 0.6 is 11.6 Å². The van der Waals surface area contributed by atoms with Crippen molar-refractivity contribution in [2.24, 2.45) is 0 Å². The third-order valence-corrected chi connectivity index (χ3v) is 2.22. The van der Waals surface area contributed by atoms with E-state index in [1.54, 1.807) is 0 Å². The molecule has 88 valence electrons. The SMILES string of the molecule is COCC(Cl)CNC(=O)c1ccc(F)cc1. The summed E-state index contributed by atoms with van der Waals surface area (Å²) in [6, 6.07) is 5.32. The maximum absolute atomic E-state index is 12.6. The van der Waals surface area contributed by atoms with Crippen molar-refractivity contribution in [1.82, 2.24) is 5.32 Å². The van der Waals surface area contributed by atoms with E-state index in [2.05, 4.69) is 5.32 Å². The fourth-order valence-electron chi connectivity index (χ4n) is 1.15. The number of halogens is 2. The first kappa shape index (κ1) is 12.9. The predicted octanol–water partition coefficient (Wildman–Crippen LogP) is 1.81. The Kier molecular flexibility index (Phi) is 5.22. The molecule has 16 heavy (non-hydrogen) atoms. The lowest BCUT2D eigenvalue weighted by atomic mass is 10.2. The second-order valence-electron chi connectivity index (χ2n) is 3.27. The van der Waals surface area contributed by atoms with Crippen molar-refractivity contribution < 1.29 is 13.9 Å². The number of methoxy groups -OCH3 is 1. The van der Waals surface area contributed by atoms with Crippen LogP contribution in [-0.2, 0) is 4.74 Å². The molecule has 1 amide bonds. The van der Waals surface area contributed by atoms with Gasteiger partial charge in [-0.2, -0.15) is 0 Å². The second kappa shape index (κ2) is 6.45. The van der Waals surface area contributed by atoms with Gasteiger partial charge in [0, 0.05) is 19.2 Å². The van der Waals surface area contributed by atoms with E-state index in [1.807, 2.05) is 0 Å². The minimum Gasteiger partial charge on any atom is -0.383 e. The van der Waals surface area contributed by atoms with Crippen LogP contribution in [0, 0.1) is 5.82 Å². The van der Waals surface area contributed by atoms with Gasteiger partial charge in [0.15, 0.2) is 0 Å². The van der Waals surface area contributed by atoms with Crippen LogP contribution in [0.3, 0.4) is 0 Å². The molecule has 1 rings (SSSR count). The lowest BCUT2D eigenvalue weighted by Gasteiger charge is -2.09. The van der Waals surface area contributed by atoms with Crippen molar-refractivity contribution in [3.8, 4) is 0 Å². The number of nitrogens with one attached hydrogen (secondary N) is 1. The van der Waals surface area contributed by atoms with Crippen molar-refractivity contribution >= 4 is 17.5 Å².